The predicted molar refractivity (Wildman–Crippen MR) is 93.7 cm³/mol. The van der Waals surface area contributed by atoms with Crippen LogP contribution >= 0.6 is 11.3 Å². The van der Waals surface area contributed by atoms with E-state index in [1.807, 2.05) is 0 Å². The zero-order valence-corrected chi connectivity index (χ0v) is 15.3. The lowest BCUT2D eigenvalue weighted by Gasteiger charge is -2.21. The minimum atomic E-state index is -3.70. The summed E-state index contributed by atoms with van der Waals surface area (Å²) in [4.78, 5) is 23.9. The molecule has 0 aliphatic rings. The van der Waals surface area contributed by atoms with Crippen molar-refractivity contribution in [2.75, 3.05) is 20.6 Å². The van der Waals surface area contributed by atoms with Crippen LogP contribution in [0.4, 0.5) is 5.69 Å². The molecule has 0 aliphatic heterocycles. The molecule has 1 heterocycles. The fraction of sp³-hybridized carbons (Fsp3) is 0.267. The molecule has 0 radical (unpaired) electrons. The molecule has 0 saturated carbocycles. The molecular formula is C15H17N3O5S2. The van der Waals surface area contributed by atoms with Crippen LogP contribution in [0.25, 0.3) is 0 Å². The number of carbonyl (C=O) groups excluding carboxylic acids is 1. The highest BCUT2D eigenvalue weighted by Crippen LogP contribution is 2.20. The zero-order valence-electron chi connectivity index (χ0n) is 13.7. The van der Waals surface area contributed by atoms with Gasteiger partial charge in [-0.1, -0.05) is 18.2 Å². The number of nitro benzene ring substituents is 1. The highest BCUT2D eigenvalue weighted by molar-refractivity contribution is 7.91. The first-order valence-corrected chi connectivity index (χ1v) is 9.51. The lowest BCUT2D eigenvalue weighted by Crippen LogP contribution is -2.38. The number of sulfonamides is 1. The standard InChI is InChI=1S/C15H17N3O5S2/c1-16(10-12-5-3-6-13(9-12)18(20)21)14(19)11-17(2)25(22,23)15-7-4-8-24-15/h3-9H,10-11H2,1-2H3. The topological polar surface area (TPSA) is 101 Å². The molecule has 2 aromatic rings. The minimum Gasteiger partial charge on any atom is -0.340 e. The first-order chi connectivity index (χ1) is 11.7. The van der Waals surface area contributed by atoms with E-state index in [-0.39, 0.29) is 23.0 Å². The van der Waals surface area contributed by atoms with E-state index >= 15 is 0 Å². The van der Waals surface area contributed by atoms with E-state index in [0.717, 1.165) is 15.6 Å². The summed E-state index contributed by atoms with van der Waals surface area (Å²) in [7, 11) is -0.838. The van der Waals surface area contributed by atoms with Crippen molar-refractivity contribution in [2.45, 2.75) is 10.8 Å². The Morgan fingerprint density at radius 2 is 1.96 bits per heavy atom. The van der Waals surface area contributed by atoms with Crippen molar-refractivity contribution in [2.24, 2.45) is 0 Å². The third kappa shape index (κ3) is 4.62. The Morgan fingerprint density at radius 3 is 2.56 bits per heavy atom. The van der Waals surface area contributed by atoms with Crippen LogP contribution in [-0.4, -0.2) is 49.1 Å². The minimum absolute atomic E-state index is 0.0595. The number of non-ortho nitro benzene ring substituents is 1. The molecule has 0 aliphatic carbocycles. The van der Waals surface area contributed by atoms with Crippen molar-refractivity contribution in [3.8, 4) is 0 Å². The average Bonchev–Trinajstić information content (AvgIpc) is 3.10. The van der Waals surface area contributed by atoms with Crippen LogP contribution in [0.2, 0.25) is 0 Å². The van der Waals surface area contributed by atoms with E-state index in [2.05, 4.69) is 0 Å². The van der Waals surface area contributed by atoms with Gasteiger partial charge in [-0.3, -0.25) is 14.9 Å². The second-order valence-electron chi connectivity index (χ2n) is 5.37. The van der Waals surface area contributed by atoms with Gasteiger partial charge in [-0.2, -0.15) is 4.31 Å². The molecule has 25 heavy (non-hydrogen) atoms. The van der Waals surface area contributed by atoms with Gasteiger partial charge in [-0.25, -0.2) is 8.42 Å². The highest BCUT2D eigenvalue weighted by Gasteiger charge is 2.25. The van der Waals surface area contributed by atoms with Gasteiger partial charge in [-0.15, -0.1) is 11.3 Å². The Hall–Kier alpha value is -2.30. The summed E-state index contributed by atoms with van der Waals surface area (Å²) in [5, 5.41) is 12.4. The monoisotopic (exact) mass is 383 g/mol. The Kier molecular flexibility index (Phi) is 5.88. The van der Waals surface area contributed by atoms with Gasteiger partial charge >= 0.3 is 0 Å². The molecule has 0 spiro atoms. The number of carbonyl (C=O) groups is 1. The van der Waals surface area contributed by atoms with Gasteiger partial charge in [0.15, 0.2) is 0 Å². The first kappa shape index (κ1) is 19.0. The van der Waals surface area contributed by atoms with Gasteiger partial charge < -0.3 is 4.90 Å². The normalized spacial score (nSPS) is 11.5. The van der Waals surface area contributed by atoms with E-state index < -0.39 is 20.9 Å². The van der Waals surface area contributed by atoms with E-state index in [4.69, 9.17) is 0 Å². The smallest absolute Gasteiger partial charge is 0.269 e. The van der Waals surface area contributed by atoms with Crippen molar-refractivity contribution in [3.05, 3.63) is 57.5 Å². The van der Waals surface area contributed by atoms with E-state index in [9.17, 15) is 23.3 Å². The molecule has 8 nitrogen and oxygen atoms in total. The molecule has 2 rings (SSSR count). The van der Waals surface area contributed by atoms with E-state index in [0.29, 0.717) is 5.56 Å². The third-order valence-corrected chi connectivity index (χ3v) is 6.66. The van der Waals surface area contributed by atoms with E-state index in [1.165, 1.54) is 37.2 Å². The molecule has 0 saturated heterocycles. The lowest BCUT2D eigenvalue weighted by atomic mass is 10.2. The zero-order chi connectivity index (χ0) is 18.6. The summed E-state index contributed by atoms with van der Waals surface area (Å²) in [5.74, 6) is -0.408. The van der Waals surface area contributed by atoms with Crippen molar-refractivity contribution in [1.29, 1.82) is 0 Å². The summed E-state index contributed by atoms with van der Waals surface area (Å²) in [5.41, 5.74) is 0.532. The number of benzene rings is 1. The summed E-state index contributed by atoms with van der Waals surface area (Å²) >= 11 is 1.08. The SMILES string of the molecule is CN(Cc1cccc([N+](=O)[O-])c1)C(=O)CN(C)S(=O)(=O)c1cccs1. The Morgan fingerprint density at radius 1 is 1.24 bits per heavy atom. The third-order valence-electron chi connectivity index (χ3n) is 3.48. The molecule has 1 aromatic heterocycles. The molecule has 0 atom stereocenters. The summed E-state index contributed by atoms with van der Waals surface area (Å²) in [6, 6.07) is 9.07. The maximum Gasteiger partial charge on any atom is 0.269 e. The van der Waals surface area contributed by atoms with Crippen LogP contribution in [0.3, 0.4) is 0 Å². The number of hydrogen-bond donors (Lipinski definition) is 0. The number of likely N-dealkylation sites (N-methyl/N-ethyl adjacent to an activating group) is 2. The molecule has 0 N–H and O–H groups in total. The average molecular weight is 383 g/mol. The number of nitro groups is 1. The van der Waals surface area contributed by atoms with Crippen molar-refractivity contribution in [3.63, 3.8) is 0 Å². The fourth-order valence-corrected chi connectivity index (χ4v) is 4.41. The summed E-state index contributed by atoms with van der Waals surface area (Å²) in [6.45, 7) is -0.168. The second kappa shape index (κ2) is 7.72. The van der Waals surface area contributed by atoms with E-state index in [1.54, 1.807) is 23.6 Å². The lowest BCUT2D eigenvalue weighted by molar-refractivity contribution is -0.384. The Balaban J connectivity index is 2.03. The number of rotatable bonds is 7. The first-order valence-electron chi connectivity index (χ1n) is 7.19. The van der Waals surface area contributed by atoms with Crippen LogP contribution in [0, 0.1) is 10.1 Å². The molecule has 1 aromatic carbocycles. The summed E-state index contributed by atoms with van der Waals surface area (Å²) in [6.07, 6.45) is 0. The number of thiophene rings is 1. The number of nitrogens with zero attached hydrogens (tertiary/aromatic N) is 3. The van der Waals surface area contributed by atoms with Crippen LogP contribution in [-0.2, 0) is 21.4 Å². The summed E-state index contributed by atoms with van der Waals surface area (Å²) < 4.78 is 25.8. The van der Waals surface area contributed by atoms with Gasteiger partial charge in [0, 0.05) is 32.8 Å². The molecule has 10 heteroatoms. The van der Waals surface area contributed by atoms with Gasteiger partial charge in [-0.05, 0) is 17.0 Å². The molecule has 0 unspecified atom stereocenters. The number of amides is 1. The Bertz CT molecular complexity index is 865. The maximum absolute atomic E-state index is 12.3. The predicted octanol–water partition coefficient (Wildman–Crippen LogP) is 1.94. The largest absolute Gasteiger partial charge is 0.340 e. The molecule has 134 valence electrons. The Labute approximate surface area is 149 Å². The van der Waals surface area contributed by atoms with Crippen molar-refractivity contribution >= 4 is 33.0 Å². The van der Waals surface area contributed by atoms with Gasteiger partial charge in [0.1, 0.15) is 4.21 Å². The van der Waals surface area contributed by atoms with Gasteiger partial charge in [0.2, 0.25) is 5.91 Å². The maximum atomic E-state index is 12.3. The van der Waals surface area contributed by atoms with Crippen LogP contribution in [0.1, 0.15) is 5.56 Å². The molecule has 0 bridgehead atoms. The van der Waals surface area contributed by atoms with Crippen molar-refractivity contribution in [1.82, 2.24) is 9.21 Å². The fourth-order valence-electron chi connectivity index (χ4n) is 2.09. The van der Waals surface area contributed by atoms with Crippen LogP contribution in [0.15, 0.2) is 46.0 Å². The molecular weight excluding hydrogens is 366 g/mol. The second-order valence-corrected chi connectivity index (χ2v) is 8.59. The number of hydrogen-bond acceptors (Lipinski definition) is 6. The van der Waals surface area contributed by atoms with Crippen molar-refractivity contribution < 1.29 is 18.1 Å². The highest BCUT2D eigenvalue weighted by atomic mass is 32.2. The molecule has 1 amide bonds. The van der Waals surface area contributed by atoms with Gasteiger partial charge in [0.25, 0.3) is 15.7 Å². The van der Waals surface area contributed by atoms with Crippen LogP contribution in [0.5, 0.6) is 0 Å². The van der Waals surface area contributed by atoms with Crippen LogP contribution < -0.4 is 0 Å². The quantitative estimate of drug-likeness (QED) is 0.537. The molecule has 0 fully saturated rings. The van der Waals surface area contributed by atoms with Gasteiger partial charge in [0.05, 0.1) is 11.5 Å².